The molecule has 0 radical (unpaired) electrons. The summed E-state index contributed by atoms with van der Waals surface area (Å²) in [6.45, 7) is 2.71. The van der Waals surface area contributed by atoms with E-state index in [9.17, 15) is 9.59 Å². The number of ether oxygens (including phenoxy) is 3. The number of rotatable bonds is 7. The van der Waals surface area contributed by atoms with E-state index in [1.54, 1.807) is 18.2 Å². The highest BCUT2D eigenvalue weighted by molar-refractivity contribution is 9.10. The lowest BCUT2D eigenvalue weighted by molar-refractivity contribution is 0.0600. The third-order valence-electron chi connectivity index (χ3n) is 3.48. The fourth-order valence-corrected chi connectivity index (χ4v) is 3.01. The maximum Gasteiger partial charge on any atom is 0.343 e. The third kappa shape index (κ3) is 5.32. The molecule has 0 aliphatic rings. The molecular weight excluding hydrogens is 468 g/mol. The van der Waals surface area contributed by atoms with E-state index < -0.39 is 11.9 Å². The number of unbranched alkanes of at least 4 members (excludes halogenated alkanes) is 1. The van der Waals surface area contributed by atoms with Crippen LogP contribution in [-0.4, -0.2) is 25.7 Å². The summed E-state index contributed by atoms with van der Waals surface area (Å²) >= 11 is 6.70. The third-order valence-corrected chi connectivity index (χ3v) is 4.72. The minimum atomic E-state index is -0.516. The van der Waals surface area contributed by atoms with E-state index in [2.05, 4.69) is 43.5 Å². The Morgan fingerprint density at radius 1 is 0.923 bits per heavy atom. The van der Waals surface area contributed by atoms with Crippen LogP contribution in [0.2, 0.25) is 0 Å². The van der Waals surface area contributed by atoms with Crippen LogP contribution in [0.5, 0.6) is 11.5 Å². The first-order chi connectivity index (χ1) is 12.5. The molecule has 0 aliphatic heterocycles. The van der Waals surface area contributed by atoms with E-state index in [0.29, 0.717) is 38.2 Å². The smallest absolute Gasteiger partial charge is 0.343 e. The summed E-state index contributed by atoms with van der Waals surface area (Å²) in [4.78, 5) is 23.9. The first-order valence-corrected chi connectivity index (χ1v) is 9.57. The van der Waals surface area contributed by atoms with Crippen molar-refractivity contribution in [3.05, 3.63) is 56.5 Å². The van der Waals surface area contributed by atoms with Crippen molar-refractivity contribution in [2.24, 2.45) is 0 Å². The Kier molecular flexibility index (Phi) is 7.66. The van der Waals surface area contributed by atoms with Crippen molar-refractivity contribution in [2.75, 3.05) is 13.7 Å². The van der Waals surface area contributed by atoms with Crippen LogP contribution in [0.15, 0.2) is 45.3 Å². The number of halogens is 2. The van der Waals surface area contributed by atoms with Gasteiger partial charge in [-0.25, -0.2) is 9.59 Å². The summed E-state index contributed by atoms with van der Waals surface area (Å²) < 4.78 is 16.9. The standard InChI is InChI=1S/C19H18Br2O5/c1-3-4-9-25-16-7-5-13(11-14(16)20)19(23)26-17-8-6-12(10-15(17)21)18(22)24-2/h5-8,10-11H,3-4,9H2,1-2H3. The number of carbonyl (C=O) groups excluding carboxylic acids is 2. The average molecular weight is 486 g/mol. The largest absolute Gasteiger partial charge is 0.492 e. The molecule has 2 rings (SSSR count). The van der Waals surface area contributed by atoms with Gasteiger partial charge in [-0.1, -0.05) is 13.3 Å². The Morgan fingerprint density at radius 3 is 2.04 bits per heavy atom. The molecule has 0 amide bonds. The Bertz CT molecular complexity index is 805. The van der Waals surface area contributed by atoms with Gasteiger partial charge in [0.1, 0.15) is 11.5 Å². The lowest BCUT2D eigenvalue weighted by Gasteiger charge is -2.10. The summed E-state index contributed by atoms with van der Waals surface area (Å²) in [5.74, 6) is 0.00385. The SMILES string of the molecule is CCCCOc1ccc(C(=O)Oc2ccc(C(=O)OC)cc2Br)cc1Br. The molecule has 0 aromatic heterocycles. The number of hydrogen-bond donors (Lipinski definition) is 0. The summed E-state index contributed by atoms with van der Waals surface area (Å²) in [6, 6.07) is 9.62. The zero-order valence-corrected chi connectivity index (χ0v) is 17.6. The van der Waals surface area contributed by atoms with Crippen LogP contribution in [0.1, 0.15) is 40.5 Å². The van der Waals surface area contributed by atoms with Crippen molar-refractivity contribution >= 4 is 43.8 Å². The second-order valence-electron chi connectivity index (χ2n) is 5.37. The van der Waals surface area contributed by atoms with Gasteiger partial charge in [-0.2, -0.15) is 0 Å². The van der Waals surface area contributed by atoms with E-state index in [1.165, 1.54) is 25.3 Å². The van der Waals surface area contributed by atoms with Gasteiger partial charge in [0.15, 0.2) is 0 Å². The average Bonchev–Trinajstić information content (AvgIpc) is 2.64. The van der Waals surface area contributed by atoms with Gasteiger partial charge >= 0.3 is 11.9 Å². The Hall–Kier alpha value is -1.86. The molecule has 0 spiro atoms. The number of hydrogen-bond acceptors (Lipinski definition) is 5. The van der Waals surface area contributed by atoms with Crippen molar-refractivity contribution in [3.8, 4) is 11.5 Å². The molecule has 5 nitrogen and oxygen atoms in total. The van der Waals surface area contributed by atoms with Crippen LogP contribution in [0.4, 0.5) is 0 Å². The Balaban J connectivity index is 2.10. The van der Waals surface area contributed by atoms with Gasteiger partial charge in [-0.05, 0) is 74.7 Å². The Morgan fingerprint density at radius 2 is 1.50 bits per heavy atom. The van der Waals surface area contributed by atoms with Crippen LogP contribution in [0.3, 0.4) is 0 Å². The van der Waals surface area contributed by atoms with E-state index >= 15 is 0 Å². The number of esters is 2. The van der Waals surface area contributed by atoms with Gasteiger partial charge in [0.25, 0.3) is 0 Å². The van der Waals surface area contributed by atoms with Gasteiger partial charge in [0.05, 0.1) is 33.8 Å². The molecule has 0 fully saturated rings. The molecule has 0 unspecified atom stereocenters. The van der Waals surface area contributed by atoms with Crippen molar-refractivity contribution in [2.45, 2.75) is 19.8 Å². The van der Waals surface area contributed by atoms with E-state index in [0.717, 1.165) is 12.8 Å². The molecule has 0 aliphatic carbocycles. The molecule has 0 atom stereocenters. The van der Waals surface area contributed by atoms with Crippen LogP contribution < -0.4 is 9.47 Å². The molecule has 7 heteroatoms. The number of benzene rings is 2. The summed E-state index contributed by atoms with van der Waals surface area (Å²) in [5, 5.41) is 0. The van der Waals surface area contributed by atoms with Crippen molar-refractivity contribution in [3.63, 3.8) is 0 Å². The first kappa shape index (κ1) is 20.5. The highest BCUT2D eigenvalue weighted by Crippen LogP contribution is 2.29. The highest BCUT2D eigenvalue weighted by Gasteiger charge is 2.15. The summed E-state index contributed by atoms with van der Waals surface area (Å²) in [7, 11) is 1.30. The second-order valence-corrected chi connectivity index (χ2v) is 7.08. The monoisotopic (exact) mass is 484 g/mol. The fourth-order valence-electron chi connectivity index (χ4n) is 2.06. The fraction of sp³-hybridized carbons (Fsp3) is 0.263. The molecule has 0 bridgehead atoms. The topological polar surface area (TPSA) is 61.8 Å². The van der Waals surface area contributed by atoms with E-state index in [1.807, 2.05) is 0 Å². The van der Waals surface area contributed by atoms with Crippen LogP contribution in [0.25, 0.3) is 0 Å². The first-order valence-electron chi connectivity index (χ1n) is 7.98. The maximum atomic E-state index is 12.4. The maximum absolute atomic E-state index is 12.4. The second kappa shape index (κ2) is 9.73. The number of methoxy groups -OCH3 is 1. The Labute approximate surface area is 168 Å². The molecule has 2 aromatic carbocycles. The highest BCUT2D eigenvalue weighted by atomic mass is 79.9. The molecular formula is C19H18Br2O5. The van der Waals surface area contributed by atoms with Crippen LogP contribution in [0, 0.1) is 0 Å². The predicted molar refractivity (Wildman–Crippen MR) is 105 cm³/mol. The van der Waals surface area contributed by atoms with Crippen LogP contribution in [-0.2, 0) is 4.74 Å². The van der Waals surface area contributed by atoms with Gasteiger partial charge < -0.3 is 14.2 Å². The quantitative estimate of drug-likeness (QED) is 0.298. The zero-order chi connectivity index (χ0) is 19.1. The zero-order valence-electron chi connectivity index (χ0n) is 14.4. The number of carbonyl (C=O) groups is 2. The van der Waals surface area contributed by atoms with Crippen molar-refractivity contribution in [1.29, 1.82) is 0 Å². The molecule has 0 saturated carbocycles. The van der Waals surface area contributed by atoms with Crippen molar-refractivity contribution < 1.29 is 23.8 Å². The van der Waals surface area contributed by atoms with Gasteiger partial charge in [0, 0.05) is 0 Å². The molecule has 0 saturated heterocycles. The lowest BCUT2D eigenvalue weighted by Crippen LogP contribution is -2.10. The molecule has 26 heavy (non-hydrogen) atoms. The van der Waals surface area contributed by atoms with Crippen LogP contribution >= 0.6 is 31.9 Å². The molecule has 0 N–H and O–H groups in total. The minimum absolute atomic E-state index is 0.307. The summed E-state index contributed by atoms with van der Waals surface area (Å²) in [6.07, 6.45) is 2.01. The molecule has 138 valence electrons. The summed E-state index contributed by atoms with van der Waals surface area (Å²) in [5.41, 5.74) is 0.735. The van der Waals surface area contributed by atoms with E-state index in [-0.39, 0.29) is 0 Å². The molecule has 0 heterocycles. The predicted octanol–water partition coefficient (Wildman–Crippen LogP) is 5.40. The molecule has 2 aromatic rings. The normalized spacial score (nSPS) is 10.3. The lowest BCUT2D eigenvalue weighted by atomic mass is 10.2. The van der Waals surface area contributed by atoms with Crippen molar-refractivity contribution in [1.82, 2.24) is 0 Å². The minimum Gasteiger partial charge on any atom is -0.492 e. The van der Waals surface area contributed by atoms with Gasteiger partial charge in [-0.15, -0.1) is 0 Å². The van der Waals surface area contributed by atoms with E-state index in [4.69, 9.17) is 9.47 Å². The van der Waals surface area contributed by atoms with Gasteiger partial charge in [0.2, 0.25) is 0 Å². The van der Waals surface area contributed by atoms with Gasteiger partial charge in [-0.3, -0.25) is 0 Å².